The highest BCUT2D eigenvalue weighted by atomic mass is 16.5. The Bertz CT molecular complexity index is 515. The molecular formula is C19H31N3O3. The van der Waals surface area contributed by atoms with Crippen LogP contribution in [-0.4, -0.2) is 74.9 Å². The largest absolute Gasteiger partial charge is 0.492 e. The number of urea groups is 1. The first-order valence-corrected chi connectivity index (χ1v) is 9.06. The highest BCUT2D eigenvalue weighted by molar-refractivity contribution is 5.74. The van der Waals surface area contributed by atoms with E-state index in [2.05, 4.69) is 17.1 Å². The molecular weight excluding hydrogens is 318 g/mol. The molecule has 0 saturated carbocycles. The number of amides is 2. The van der Waals surface area contributed by atoms with Gasteiger partial charge in [-0.1, -0.05) is 17.7 Å². The second kappa shape index (κ2) is 10.3. The summed E-state index contributed by atoms with van der Waals surface area (Å²) in [6.07, 6.45) is 0.944. The summed E-state index contributed by atoms with van der Waals surface area (Å²) in [5, 5.41) is 3.05. The normalized spacial score (nSPS) is 16.3. The van der Waals surface area contributed by atoms with Crippen LogP contribution in [0.3, 0.4) is 0 Å². The molecule has 0 bridgehead atoms. The lowest BCUT2D eigenvalue weighted by molar-refractivity contribution is 0.0364. The molecule has 1 atom stereocenters. The average molecular weight is 349 g/mol. The van der Waals surface area contributed by atoms with Gasteiger partial charge in [0.05, 0.1) is 19.8 Å². The van der Waals surface area contributed by atoms with Crippen molar-refractivity contribution >= 4 is 6.03 Å². The molecule has 1 aliphatic rings. The Morgan fingerprint density at radius 1 is 1.32 bits per heavy atom. The Morgan fingerprint density at radius 2 is 2.00 bits per heavy atom. The molecule has 1 heterocycles. The van der Waals surface area contributed by atoms with E-state index in [1.807, 2.05) is 31.2 Å². The minimum Gasteiger partial charge on any atom is -0.492 e. The maximum Gasteiger partial charge on any atom is 0.317 e. The molecule has 1 fully saturated rings. The molecule has 2 rings (SSSR count). The molecule has 140 valence electrons. The molecule has 6 nitrogen and oxygen atoms in total. The van der Waals surface area contributed by atoms with E-state index in [1.165, 1.54) is 5.56 Å². The summed E-state index contributed by atoms with van der Waals surface area (Å²) in [6.45, 7) is 9.70. The number of hydrogen-bond acceptors (Lipinski definition) is 4. The van der Waals surface area contributed by atoms with Crippen molar-refractivity contribution < 1.29 is 14.3 Å². The second-order valence-corrected chi connectivity index (χ2v) is 6.68. The van der Waals surface area contributed by atoms with Crippen LogP contribution in [0.25, 0.3) is 0 Å². The molecule has 0 spiro atoms. The predicted molar refractivity (Wildman–Crippen MR) is 99.2 cm³/mol. The third-order valence-corrected chi connectivity index (χ3v) is 4.42. The van der Waals surface area contributed by atoms with Gasteiger partial charge in [0.15, 0.2) is 0 Å². The summed E-state index contributed by atoms with van der Waals surface area (Å²) in [5.74, 6) is 0.832. The van der Waals surface area contributed by atoms with Gasteiger partial charge in [0, 0.05) is 32.7 Å². The van der Waals surface area contributed by atoms with E-state index >= 15 is 0 Å². The predicted octanol–water partition coefficient (Wildman–Crippen LogP) is 2.13. The monoisotopic (exact) mass is 349 g/mol. The van der Waals surface area contributed by atoms with Crippen molar-refractivity contribution in [1.29, 1.82) is 0 Å². The summed E-state index contributed by atoms with van der Waals surface area (Å²) in [6, 6.07) is 8.02. The Labute approximate surface area is 151 Å². The van der Waals surface area contributed by atoms with Crippen molar-refractivity contribution in [2.45, 2.75) is 26.3 Å². The Hall–Kier alpha value is -1.79. The van der Waals surface area contributed by atoms with Crippen LogP contribution >= 0.6 is 0 Å². The van der Waals surface area contributed by atoms with Gasteiger partial charge in [-0.05, 0) is 32.4 Å². The summed E-state index contributed by atoms with van der Waals surface area (Å²) in [4.78, 5) is 16.3. The molecule has 1 aromatic carbocycles. The van der Waals surface area contributed by atoms with Gasteiger partial charge in [0.1, 0.15) is 12.4 Å². The van der Waals surface area contributed by atoms with Gasteiger partial charge in [-0.25, -0.2) is 4.79 Å². The molecule has 25 heavy (non-hydrogen) atoms. The van der Waals surface area contributed by atoms with Crippen LogP contribution in [-0.2, 0) is 4.74 Å². The number of rotatable bonds is 8. The van der Waals surface area contributed by atoms with E-state index in [9.17, 15) is 4.79 Å². The summed E-state index contributed by atoms with van der Waals surface area (Å²) >= 11 is 0. The van der Waals surface area contributed by atoms with E-state index in [4.69, 9.17) is 9.47 Å². The first-order valence-electron chi connectivity index (χ1n) is 9.06. The Kier molecular flexibility index (Phi) is 8.01. The van der Waals surface area contributed by atoms with E-state index in [-0.39, 0.29) is 12.1 Å². The van der Waals surface area contributed by atoms with Crippen LogP contribution < -0.4 is 10.1 Å². The van der Waals surface area contributed by atoms with Crippen molar-refractivity contribution in [3.63, 3.8) is 0 Å². The van der Waals surface area contributed by atoms with Crippen molar-refractivity contribution in [2.75, 3.05) is 53.0 Å². The molecule has 0 aromatic heterocycles. The van der Waals surface area contributed by atoms with Crippen molar-refractivity contribution in [2.24, 2.45) is 0 Å². The fourth-order valence-electron chi connectivity index (χ4n) is 2.63. The zero-order valence-electron chi connectivity index (χ0n) is 15.7. The van der Waals surface area contributed by atoms with E-state index in [1.54, 1.807) is 11.9 Å². The van der Waals surface area contributed by atoms with Crippen molar-refractivity contribution in [1.82, 2.24) is 15.1 Å². The Morgan fingerprint density at radius 3 is 2.68 bits per heavy atom. The average Bonchev–Trinajstić information content (AvgIpc) is 2.62. The maximum atomic E-state index is 12.2. The number of hydrogen-bond donors (Lipinski definition) is 1. The zero-order chi connectivity index (χ0) is 18.1. The van der Waals surface area contributed by atoms with Crippen LogP contribution in [0.1, 0.15) is 18.9 Å². The van der Waals surface area contributed by atoms with Gasteiger partial charge in [-0.2, -0.15) is 0 Å². The number of morpholine rings is 1. The van der Waals surface area contributed by atoms with E-state index in [0.29, 0.717) is 13.2 Å². The number of nitrogens with zero attached hydrogens (tertiary/aromatic N) is 2. The summed E-state index contributed by atoms with van der Waals surface area (Å²) < 4.78 is 11.0. The van der Waals surface area contributed by atoms with E-state index in [0.717, 1.165) is 45.0 Å². The fraction of sp³-hybridized carbons (Fsp3) is 0.632. The van der Waals surface area contributed by atoms with Gasteiger partial charge < -0.3 is 19.7 Å². The smallest absolute Gasteiger partial charge is 0.317 e. The highest BCUT2D eigenvalue weighted by Gasteiger charge is 2.15. The van der Waals surface area contributed by atoms with Gasteiger partial charge in [0.25, 0.3) is 0 Å². The second-order valence-electron chi connectivity index (χ2n) is 6.68. The number of nitrogens with one attached hydrogen (secondary N) is 1. The Balaban J connectivity index is 1.60. The van der Waals surface area contributed by atoms with Crippen LogP contribution in [0.5, 0.6) is 5.75 Å². The van der Waals surface area contributed by atoms with Crippen LogP contribution in [0.4, 0.5) is 4.79 Å². The quantitative estimate of drug-likeness (QED) is 0.781. The molecule has 0 unspecified atom stereocenters. The van der Waals surface area contributed by atoms with Crippen LogP contribution in [0.2, 0.25) is 0 Å². The van der Waals surface area contributed by atoms with Crippen molar-refractivity contribution in [3.8, 4) is 5.75 Å². The van der Waals surface area contributed by atoms with Gasteiger partial charge in [-0.15, -0.1) is 0 Å². The number of carbonyl (C=O) groups excluding carboxylic acids is 1. The lowest BCUT2D eigenvalue weighted by Gasteiger charge is -2.28. The molecule has 1 N–H and O–H groups in total. The SMILES string of the molecule is Cc1ccc(OCCN(C)C(=O)N[C@H](C)CCN2CCOCC2)cc1. The van der Waals surface area contributed by atoms with Crippen molar-refractivity contribution in [3.05, 3.63) is 29.8 Å². The number of benzene rings is 1. The molecule has 0 aliphatic carbocycles. The molecule has 1 saturated heterocycles. The molecule has 1 aliphatic heterocycles. The number of ether oxygens (including phenoxy) is 2. The van der Waals surface area contributed by atoms with E-state index < -0.39 is 0 Å². The molecule has 2 amide bonds. The molecule has 6 heteroatoms. The topological polar surface area (TPSA) is 54.0 Å². The molecule has 1 aromatic rings. The summed E-state index contributed by atoms with van der Waals surface area (Å²) in [7, 11) is 1.79. The number of carbonyl (C=O) groups is 1. The maximum absolute atomic E-state index is 12.2. The van der Waals surface area contributed by atoms with Gasteiger partial charge >= 0.3 is 6.03 Å². The number of likely N-dealkylation sites (N-methyl/N-ethyl adjacent to an activating group) is 1. The third-order valence-electron chi connectivity index (χ3n) is 4.42. The zero-order valence-corrected chi connectivity index (χ0v) is 15.7. The van der Waals surface area contributed by atoms with Gasteiger partial charge in [-0.3, -0.25) is 4.90 Å². The van der Waals surface area contributed by atoms with Crippen LogP contribution in [0.15, 0.2) is 24.3 Å². The third kappa shape index (κ3) is 7.32. The molecule has 0 radical (unpaired) electrons. The lowest BCUT2D eigenvalue weighted by Crippen LogP contribution is -2.45. The minimum atomic E-state index is -0.0537. The van der Waals surface area contributed by atoms with Gasteiger partial charge in [0.2, 0.25) is 0 Å². The first-order chi connectivity index (χ1) is 12.0. The number of aryl methyl sites for hydroxylation is 1. The lowest BCUT2D eigenvalue weighted by atomic mass is 10.2. The highest BCUT2D eigenvalue weighted by Crippen LogP contribution is 2.11. The fourth-order valence-corrected chi connectivity index (χ4v) is 2.63. The first kappa shape index (κ1) is 19.5. The minimum absolute atomic E-state index is 0.0537. The standard InChI is InChI=1S/C19H31N3O3/c1-16-4-6-18(7-5-16)25-15-10-21(3)19(23)20-17(2)8-9-22-11-13-24-14-12-22/h4-7,17H,8-15H2,1-3H3,(H,20,23)/t17-/m1/s1. The summed E-state index contributed by atoms with van der Waals surface area (Å²) in [5.41, 5.74) is 1.20. The van der Waals surface area contributed by atoms with Crippen LogP contribution in [0, 0.1) is 6.92 Å².